The summed E-state index contributed by atoms with van der Waals surface area (Å²) in [5, 5.41) is 0.833. The van der Waals surface area contributed by atoms with Crippen LogP contribution >= 0.6 is 0 Å². The normalized spacial score (nSPS) is 12.8. The van der Waals surface area contributed by atoms with Crippen molar-refractivity contribution in [2.75, 3.05) is 6.79 Å². The molecule has 0 bridgehead atoms. The molecule has 0 unspecified atom stereocenters. The van der Waals surface area contributed by atoms with E-state index >= 15 is 0 Å². The van der Waals surface area contributed by atoms with Crippen molar-refractivity contribution in [1.82, 2.24) is 0 Å². The van der Waals surface area contributed by atoms with E-state index in [1.807, 2.05) is 36.4 Å². The maximum absolute atomic E-state index is 11.7. The summed E-state index contributed by atoms with van der Waals surface area (Å²) in [6.45, 7) is 0.191. The Balaban J connectivity index is 2.08. The topological polar surface area (TPSA) is 48.7 Å². The summed E-state index contributed by atoms with van der Waals surface area (Å²) in [5.41, 5.74) is 1.91. The zero-order valence-corrected chi connectivity index (χ0v) is 10.5. The van der Waals surface area contributed by atoms with Crippen LogP contribution in [0.2, 0.25) is 0 Å². The highest BCUT2D eigenvalue weighted by Gasteiger charge is 2.17. The largest absolute Gasteiger partial charge is 0.454 e. The lowest BCUT2D eigenvalue weighted by Crippen LogP contribution is -1.98. The van der Waals surface area contributed by atoms with E-state index in [1.54, 1.807) is 6.07 Å². The van der Waals surface area contributed by atoms with Crippen LogP contribution in [0.25, 0.3) is 22.1 Å². The second-order valence-corrected chi connectivity index (χ2v) is 4.55. The van der Waals surface area contributed by atoms with Crippen LogP contribution in [0, 0.1) is 0 Å². The zero-order chi connectivity index (χ0) is 13.5. The molecule has 4 rings (SSSR count). The average molecular weight is 266 g/mol. The molecule has 0 spiro atoms. The molecule has 0 amide bonds. The molecule has 98 valence electrons. The van der Waals surface area contributed by atoms with Crippen LogP contribution < -0.4 is 15.1 Å². The molecule has 1 aliphatic heterocycles. The third-order valence-electron chi connectivity index (χ3n) is 3.32. The van der Waals surface area contributed by atoms with Gasteiger partial charge in [0.2, 0.25) is 6.79 Å². The molecule has 4 heteroatoms. The molecule has 0 aliphatic carbocycles. The minimum Gasteiger partial charge on any atom is -0.454 e. The monoisotopic (exact) mass is 266 g/mol. The van der Waals surface area contributed by atoms with Crippen molar-refractivity contribution in [3.63, 3.8) is 0 Å². The van der Waals surface area contributed by atoms with Crippen LogP contribution in [0.3, 0.4) is 0 Å². The minimum atomic E-state index is -0.379. The van der Waals surface area contributed by atoms with Crippen LogP contribution in [0.15, 0.2) is 57.7 Å². The van der Waals surface area contributed by atoms with Crippen molar-refractivity contribution in [2.24, 2.45) is 0 Å². The summed E-state index contributed by atoms with van der Waals surface area (Å²) < 4.78 is 16.0. The number of hydrogen-bond donors (Lipinski definition) is 0. The van der Waals surface area contributed by atoms with Crippen molar-refractivity contribution in [2.45, 2.75) is 0 Å². The molecule has 0 N–H and O–H groups in total. The molecule has 2 heterocycles. The summed E-state index contributed by atoms with van der Waals surface area (Å²) in [4.78, 5) is 11.7. The van der Waals surface area contributed by atoms with Crippen molar-refractivity contribution >= 4 is 11.0 Å². The van der Waals surface area contributed by atoms with Crippen molar-refractivity contribution < 1.29 is 13.9 Å². The molecule has 1 aliphatic rings. The summed E-state index contributed by atoms with van der Waals surface area (Å²) in [6.07, 6.45) is 0. The second-order valence-electron chi connectivity index (χ2n) is 4.55. The van der Waals surface area contributed by atoms with Gasteiger partial charge in [0.25, 0.3) is 0 Å². The van der Waals surface area contributed by atoms with E-state index in [-0.39, 0.29) is 12.4 Å². The van der Waals surface area contributed by atoms with Gasteiger partial charge in [-0.1, -0.05) is 30.3 Å². The number of fused-ring (bicyclic) bond motifs is 2. The van der Waals surface area contributed by atoms with Gasteiger partial charge in [-0.2, -0.15) is 0 Å². The Kier molecular flexibility index (Phi) is 2.29. The molecule has 0 saturated heterocycles. The number of benzene rings is 2. The Morgan fingerprint density at radius 1 is 0.900 bits per heavy atom. The van der Waals surface area contributed by atoms with Crippen LogP contribution in [0.4, 0.5) is 0 Å². The quantitative estimate of drug-likeness (QED) is 0.635. The zero-order valence-electron chi connectivity index (χ0n) is 10.5. The maximum Gasteiger partial charge on any atom is 0.336 e. The lowest BCUT2D eigenvalue weighted by molar-refractivity contribution is 0.174. The van der Waals surface area contributed by atoms with Gasteiger partial charge in [-0.15, -0.1) is 0 Å². The smallest absolute Gasteiger partial charge is 0.336 e. The Labute approximate surface area is 114 Å². The lowest BCUT2D eigenvalue weighted by Gasteiger charge is -2.06. The van der Waals surface area contributed by atoms with Gasteiger partial charge in [-0.25, -0.2) is 4.79 Å². The van der Waals surface area contributed by atoms with E-state index in [2.05, 4.69) is 0 Å². The van der Waals surface area contributed by atoms with E-state index in [1.165, 1.54) is 6.07 Å². The van der Waals surface area contributed by atoms with E-state index in [0.717, 1.165) is 16.5 Å². The highest BCUT2D eigenvalue weighted by molar-refractivity contribution is 5.95. The summed E-state index contributed by atoms with van der Waals surface area (Å²) in [7, 11) is 0. The van der Waals surface area contributed by atoms with E-state index in [9.17, 15) is 4.79 Å². The van der Waals surface area contributed by atoms with E-state index in [4.69, 9.17) is 13.9 Å². The maximum atomic E-state index is 11.7. The van der Waals surface area contributed by atoms with Gasteiger partial charge < -0.3 is 13.9 Å². The van der Waals surface area contributed by atoms with E-state index in [0.29, 0.717) is 17.1 Å². The Morgan fingerprint density at radius 2 is 1.65 bits per heavy atom. The van der Waals surface area contributed by atoms with Gasteiger partial charge in [-0.3, -0.25) is 0 Å². The van der Waals surface area contributed by atoms with Crippen molar-refractivity contribution in [3.05, 3.63) is 59.0 Å². The summed E-state index contributed by atoms with van der Waals surface area (Å²) in [5.74, 6) is 1.27. The van der Waals surface area contributed by atoms with E-state index < -0.39 is 0 Å². The molecule has 0 radical (unpaired) electrons. The highest BCUT2D eigenvalue weighted by atomic mass is 16.7. The number of hydrogen-bond acceptors (Lipinski definition) is 4. The summed E-state index contributed by atoms with van der Waals surface area (Å²) in [6, 6.07) is 14.8. The Hall–Kier alpha value is -2.75. The summed E-state index contributed by atoms with van der Waals surface area (Å²) >= 11 is 0. The first-order valence-electron chi connectivity index (χ1n) is 6.24. The molecule has 0 saturated carbocycles. The molecule has 20 heavy (non-hydrogen) atoms. The fourth-order valence-electron chi connectivity index (χ4n) is 2.41. The van der Waals surface area contributed by atoms with Crippen LogP contribution in [0.1, 0.15) is 0 Å². The second kappa shape index (κ2) is 4.13. The van der Waals surface area contributed by atoms with Crippen LogP contribution in [0.5, 0.6) is 11.5 Å². The van der Waals surface area contributed by atoms with Gasteiger partial charge >= 0.3 is 5.63 Å². The molecule has 0 atom stereocenters. The number of ether oxygens (including phenoxy) is 2. The van der Waals surface area contributed by atoms with Gasteiger partial charge in [0.15, 0.2) is 11.5 Å². The predicted octanol–water partition coefficient (Wildman–Crippen LogP) is 3.19. The SMILES string of the molecule is O=c1cc(-c2ccccc2)c2cc3c(cc2o1)OCO3. The van der Waals surface area contributed by atoms with Gasteiger partial charge in [0.05, 0.1) is 0 Å². The lowest BCUT2D eigenvalue weighted by atomic mass is 10.0. The Morgan fingerprint density at radius 3 is 2.45 bits per heavy atom. The van der Waals surface area contributed by atoms with Gasteiger partial charge in [-0.05, 0) is 17.2 Å². The predicted molar refractivity (Wildman–Crippen MR) is 74.0 cm³/mol. The van der Waals surface area contributed by atoms with Crippen molar-refractivity contribution in [3.8, 4) is 22.6 Å². The molecular weight excluding hydrogens is 256 g/mol. The molecule has 2 aromatic carbocycles. The molecule has 4 nitrogen and oxygen atoms in total. The standard InChI is InChI=1S/C16H10O4/c17-16-7-11(10-4-2-1-3-5-10)12-6-14-15(19-9-18-14)8-13(12)20-16/h1-8H,9H2. The fourth-order valence-corrected chi connectivity index (χ4v) is 2.41. The third kappa shape index (κ3) is 1.66. The highest BCUT2D eigenvalue weighted by Crippen LogP contribution is 2.38. The van der Waals surface area contributed by atoms with Gasteiger partial charge in [0, 0.05) is 17.5 Å². The molecular formula is C16H10O4. The number of rotatable bonds is 1. The molecule has 1 aromatic heterocycles. The minimum absolute atomic E-state index is 0.191. The first kappa shape index (κ1) is 11.1. The fraction of sp³-hybridized carbons (Fsp3) is 0.0625. The molecule has 3 aromatic rings. The Bertz CT molecular complexity index is 849. The molecule has 0 fully saturated rings. The van der Waals surface area contributed by atoms with Crippen LogP contribution in [-0.4, -0.2) is 6.79 Å². The first-order chi connectivity index (χ1) is 9.81. The van der Waals surface area contributed by atoms with Crippen LogP contribution in [-0.2, 0) is 0 Å². The third-order valence-corrected chi connectivity index (χ3v) is 3.32. The first-order valence-corrected chi connectivity index (χ1v) is 6.24. The average Bonchev–Trinajstić information content (AvgIpc) is 2.92. The van der Waals surface area contributed by atoms with Crippen molar-refractivity contribution in [1.29, 1.82) is 0 Å². The van der Waals surface area contributed by atoms with Gasteiger partial charge in [0.1, 0.15) is 5.58 Å².